The van der Waals surface area contributed by atoms with Gasteiger partial charge in [0.2, 0.25) is 0 Å². The highest BCUT2D eigenvalue weighted by Crippen LogP contribution is 1.91. The molecule has 0 unspecified atom stereocenters. The summed E-state index contributed by atoms with van der Waals surface area (Å²) in [6.07, 6.45) is 0. The number of nitrogens with one attached hydrogen (secondary N) is 1. The summed E-state index contributed by atoms with van der Waals surface area (Å²) in [4.78, 5) is 1.62. The maximum absolute atomic E-state index is 5.05. The Balaban J connectivity index is 2.65. The topological polar surface area (TPSA) is 37.5 Å². The Morgan fingerprint density at radius 3 is 2.54 bits per heavy atom. The zero-order valence-corrected chi connectivity index (χ0v) is 9.43. The molecule has 1 aromatic rings. The summed E-state index contributed by atoms with van der Waals surface area (Å²) in [5, 5.41) is 7.07. The quantitative estimate of drug-likeness (QED) is 0.407. The molecule has 0 saturated heterocycles. The van der Waals surface area contributed by atoms with Gasteiger partial charge < -0.3 is 4.48 Å². The van der Waals surface area contributed by atoms with Gasteiger partial charge in [-0.2, -0.15) is 0 Å². The van der Waals surface area contributed by atoms with Crippen LogP contribution in [-0.2, 0) is 13.6 Å². The standard InChI is InChI=1S/C7H16N5S/c1-10-8-7(13)11(9-10)5-6-12(2,3)4/h5-6H2,1-4H3/q+1/p+1. The van der Waals surface area contributed by atoms with Crippen molar-refractivity contribution in [1.29, 1.82) is 0 Å². The second-order valence-corrected chi connectivity index (χ2v) is 4.54. The molecule has 1 heterocycles. The fourth-order valence-corrected chi connectivity index (χ4v) is 1.22. The number of hydrogen-bond donors (Lipinski definition) is 1. The number of tetrazole rings is 1. The molecular formula is C7H17N5S+2. The fourth-order valence-electron chi connectivity index (χ4n) is 0.968. The Hall–Kier alpha value is -0.750. The normalized spacial score (nSPS) is 12.0. The molecule has 74 valence electrons. The third-order valence-corrected chi connectivity index (χ3v) is 2.03. The van der Waals surface area contributed by atoms with Gasteiger partial charge in [0.15, 0.2) is 6.54 Å². The first-order chi connectivity index (χ1) is 5.88. The zero-order chi connectivity index (χ0) is 10.1. The summed E-state index contributed by atoms with van der Waals surface area (Å²) in [5.41, 5.74) is 0. The Labute approximate surface area is 83.1 Å². The summed E-state index contributed by atoms with van der Waals surface area (Å²) in [7, 11) is 8.29. The number of likely N-dealkylation sites (N-methyl/N-ethyl adjacent to an activating group) is 1. The first-order valence-electron chi connectivity index (χ1n) is 4.22. The number of H-pyrrole nitrogens is 1. The molecule has 0 aliphatic carbocycles. The van der Waals surface area contributed by atoms with Crippen LogP contribution < -0.4 is 4.80 Å². The maximum atomic E-state index is 5.05. The lowest BCUT2D eigenvalue weighted by atomic mass is 10.5. The average Bonchev–Trinajstić information content (AvgIpc) is 2.24. The van der Waals surface area contributed by atoms with Crippen LogP contribution in [0.1, 0.15) is 0 Å². The van der Waals surface area contributed by atoms with Crippen molar-refractivity contribution in [2.24, 2.45) is 7.05 Å². The number of quaternary nitrogens is 1. The van der Waals surface area contributed by atoms with Crippen LogP contribution in [0.2, 0.25) is 0 Å². The molecule has 6 heteroatoms. The average molecular weight is 203 g/mol. The minimum Gasteiger partial charge on any atom is -0.328 e. The van der Waals surface area contributed by atoms with Gasteiger partial charge in [-0.05, 0) is 17.3 Å². The van der Waals surface area contributed by atoms with Crippen molar-refractivity contribution in [3.63, 3.8) is 0 Å². The van der Waals surface area contributed by atoms with E-state index in [4.69, 9.17) is 12.2 Å². The van der Waals surface area contributed by atoms with Gasteiger partial charge in [-0.3, -0.25) is 0 Å². The van der Waals surface area contributed by atoms with Crippen molar-refractivity contribution in [3.8, 4) is 0 Å². The van der Waals surface area contributed by atoms with E-state index in [9.17, 15) is 0 Å². The van der Waals surface area contributed by atoms with Gasteiger partial charge in [0, 0.05) is 0 Å². The van der Waals surface area contributed by atoms with E-state index in [-0.39, 0.29) is 0 Å². The molecule has 0 aliphatic rings. The SMILES string of the molecule is C[n+]1nc(=S)n(CC[N+](C)(C)C)[nH]1. The number of nitrogens with zero attached hydrogens (tertiary/aromatic N) is 4. The molecule has 1 N–H and O–H groups in total. The van der Waals surface area contributed by atoms with Crippen molar-refractivity contribution in [2.45, 2.75) is 6.54 Å². The lowest BCUT2D eigenvalue weighted by Crippen LogP contribution is -2.39. The Morgan fingerprint density at radius 2 is 2.15 bits per heavy atom. The van der Waals surface area contributed by atoms with Crippen LogP contribution in [0.5, 0.6) is 0 Å². The van der Waals surface area contributed by atoms with Crippen LogP contribution in [0.4, 0.5) is 0 Å². The van der Waals surface area contributed by atoms with Crippen LogP contribution in [0.3, 0.4) is 0 Å². The van der Waals surface area contributed by atoms with E-state index in [1.54, 1.807) is 4.80 Å². The second kappa shape index (κ2) is 3.55. The highest BCUT2D eigenvalue weighted by Gasteiger charge is 2.12. The Kier molecular flexibility index (Phi) is 2.82. The molecule has 0 atom stereocenters. The lowest BCUT2D eigenvalue weighted by Gasteiger charge is -2.22. The first kappa shape index (κ1) is 10.3. The minimum atomic E-state index is 0.607. The van der Waals surface area contributed by atoms with Crippen LogP contribution in [0.25, 0.3) is 0 Å². The fraction of sp³-hybridized carbons (Fsp3) is 0.857. The first-order valence-corrected chi connectivity index (χ1v) is 4.63. The van der Waals surface area contributed by atoms with Gasteiger partial charge in [-0.15, -0.1) is 4.68 Å². The highest BCUT2D eigenvalue weighted by molar-refractivity contribution is 7.71. The molecule has 0 radical (unpaired) electrons. The molecule has 1 rings (SSSR count). The predicted octanol–water partition coefficient (Wildman–Crippen LogP) is -0.529. The number of aromatic nitrogens is 4. The Bertz CT molecular complexity index is 331. The van der Waals surface area contributed by atoms with E-state index in [2.05, 4.69) is 31.5 Å². The molecular weight excluding hydrogens is 186 g/mol. The van der Waals surface area contributed by atoms with Crippen molar-refractivity contribution in [3.05, 3.63) is 4.77 Å². The van der Waals surface area contributed by atoms with Crippen LogP contribution in [0.15, 0.2) is 0 Å². The van der Waals surface area contributed by atoms with E-state index in [0.717, 1.165) is 17.6 Å². The lowest BCUT2D eigenvalue weighted by molar-refractivity contribution is -0.871. The van der Waals surface area contributed by atoms with Crippen LogP contribution in [-0.4, -0.2) is 47.2 Å². The molecule has 0 aromatic carbocycles. The summed E-state index contributed by atoms with van der Waals surface area (Å²) in [6.45, 7) is 1.90. The molecule has 5 nitrogen and oxygen atoms in total. The minimum absolute atomic E-state index is 0.607. The largest absolute Gasteiger partial charge is 0.347 e. The van der Waals surface area contributed by atoms with Crippen molar-refractivity contribution in [1.82, 2.24) is 15.0 Å². The smallest absolute Gasteiger partial charge is 0.328 e. The Morgan fingerprint density at radius 1 is 1.54 bits per heavy atom. The number of hydrogen-bond acceptors (Lipinski definition) is 2. The number of rotatable bonds is 3. The van der Waals surface area contributed by atoms with E-state index < -0.39 is 0 Å². The van der Waals surface area contributed by atoms with Gasteiger partial charge >= 0.3 is 4.77 Å². The van der Waals surface area contributed by atoms with Gasteiger partial charge in [-0.1, -0.05) is 10.0 Å². The zero-order valence-electron chi connectivity index (χ0n) is 8.61. The maximum Gasteiger partial charge on any atom is 0.347 e. The second-order valence-electron chi connectivity index (χ2n) is 4.17. The van der Waals surface area contributed by atoms with Crippen molar-refractivity contribution in [2.75, 3.05) is 27.7 Å². The van der Waals surface area contributed by atoms with E-state index in [1.165, 1.54) is 0 Å². The van der Waals surface area contributed by atoms with Crippen molar-refractivity contribution >= 4 is 12.2 Å². The summed E-state index contributed by atoms with van der Waals surface area (Å²) >= 11 is 5.05. The molecule has 0 aliphatic heterocycles. The molecule has 0 fully saturated rings. The van der Waals surface area contributed by atoms with Gasteiger partial charge in [-0.25, -0.2) is 0 Å². The third kappa shape index (κ3) is 3.23. The third-order valence-electron chi connectivity index (χ3n) is 1.73. The molecule has 1 aromatic heterocycles. The monoisotopic (exact) mass is 203 g/mol. The number of aryl methyl sites for hydroxylation is 1. The van der Waals surface area contributed by atoms with Crippen LogP contribution in [0, 0.1) is 4.77 Å². The predicted molar refractivity (Wildman–Crippen MR) is 51.5 cm³/mol. The van der Waals surface area contributed by atoms with Crippen LogP contribution >= 0.6 is 12.2 Å². The number of aromatic amines is 1. The molecule has 0 saturated carbocycles. The van der Waals surface area contributed by atoms with E-state index in [0.29, 0.717) is 4.77 Å². The van der Waals surface area contributed by atoms with Gasteiger partial charge in [0.25, 0.3) is 0 Å². The highest BCUT2D eigenvalue weighted by atomic mass is 32.1. The van der Waals surface area contributed by atoms with E-state index >= 15 is 0 Å². The summed E-state index contributed by atoms with van der Waals surface area (Å²) in [6, 6.07) is 0. The molecule has 0 amide bonds. The van der Waals surface area contributed by atoms with Gasteiger partial charge in [0.05, 0.1) is 21.1 Å². The molecule has 0 spiro atoms. The van der Waals surface area contributed by atoms with E-state index in [1.807, 2.05) is 11.7 Å². The van der Waals surface area contributed by atoms with Crippen molar-refractivity contribution < 1.29 is 9.28 Å². The van der Waals surface area contributed by atoms with Gasteiger partial charge in [0.1, 0.15) is 13.6 Å². The summed E-state index contributed by atoms with van der Waals surface area (Å²) in [5.74, 6) is 0. The molecule has 13 heavy (non-hydrogen) atoms. The summed E-state index contributed by atoms with van der Waals surface area (Å²) < 4.78 is 3.40. The molecule has 0 bridgehead atoms.